The van der Waals surface area contributed by atoms with Crippen LogP contribution in [-0.4, -0.2) is 38.0 Å². The molecule has 5 rings (SSSR count). The average molecular weight is 486 g/mol. The number of hydrogen-bond donors (Lipinski definition) is 1. The number of fused-ring (bicyclic) bond motifs is 3. The Hall–Kier alpha value is -2.38. The lowest BCUT2D eigenvalue weighted by atomic mass is 9.71. The van der Waals surface area contributed by atoms with Crippen LogP contribution in [0.5, 0.6) is 0 Å². The van der Waals surface area contributed by atoms with Crippen molar-refractivity contribution in [2.75, 3.05) is 6.54 Å². The van der Waals surface area contributed by atoms with Crippen molar-refractivity contribution in [1.29, 1.82) is 0 Å². The van der Waals surface area contributed by atoms with Gasteiger partial charge in [-0.25, -0.2) is 4.98 Å². The Morgan fingerprint density at radius 2 is 2.12 bits per heavy atom. The van der Waals surface area contributed by atoms with E-state index in [-0.39, 0.29) is 11.8 Å². The number of carbonyl (C=O) groups is 2. The van der Waals surface area contributed by atoms with Gasteiger partial charge in [0.1, 0.15) is 5.65 Å². The Balaban J connectivity index is 1.34. The first-order valence-electron chi connectivity index (χ1n) is 11.5. The van der Waals surface area contributed by atoms with Crippen LogP contribution in [0.3, 0.4) is 0 Å². The summed E-state index contributed by atoms with van der Waals surface area (Å²) in [5, 5.41) is 12.7. The fraction of sp³-hybridized carbons (Fsp3) is 0.480. The maximum atomic E-state index is 13.2. The number of amides is 1. The second-order valence-corrected chi connectivity index (χ2v) is 11.3. The molecule has 1 amide bonds. The van der Waals surface area contributed by atoms with Gasteiger partial charge in [-0.15, -0.1) is 11.3 Å². The molecule has 174 valence electrons. The monoisotopic (exact) mass is 485 g/mol. The first kappa shape index (κ1) is 22.4. The molecule has 3 aromatic rings. The summed E-state index contributed by atoms with van der Waals surface area (Å²) in [6, 6.07) is 6.09. The minimum atomic E-state index is -0.718. The number of aliphatic carboxylic acids is 1. The molecule has 3 aromatic heterocycles. The van der Waals surface area contributed by atoms with Crippen molar-refractivity contribution in [3.05, 3.63) is 50.9 Å². The van der Waals surface area contributed by atoms with Gasteiger partial charge in [0, 0.05) is 30.2 Å². The summed E-state index contributed by atoms with van der Waals surface area (Å²) in [5.41, 5.74) is 3.91. The van der Waals surface area contributed by atoms with Crippen molar-refractivity contribution in [1.82, 2.24) is 14.5 Å². The summed E-state index contributed by atoms with van der Waals surface area (Å²) in [6.45, 7) is 3.81. The Morgan fingerprint density at radius 1 is 1.33 bits per heavy atom. The molecule has 0 spiro atoms. The number of halogens is 1. The third kappa shape index (κ3) is 4.28. The first-order chi connectivity index (χ1) is 15.8. The van der Waals surface area contributed by atoms with Gasteiger partial charge >= 0.3 is 5.97 Å². The molecule has 1 aliphatic heterocycles. The fourth-order valence-corrected chi connectivity index (χ4v) is 6.26. The fourth-order valence-electron chi connectivity index (χ4n) is 5.36. The van der Waals surface area contributed by atoms with Crippen LogP contribution in [0.1, 0.15) is 55.8 Å². The van der Waals surface area contributed by atoms with Crippen molar-refractivity contribution in [2.24, 2.45) is 11.3 Å². The molecule has 0 atom stereocenters. The zero-order valence-corrected chi connectivity index (χ0v) is 20.3. The predicted molar refractivity (Wildman–Crippen MR) is 130 cm³/mol. The van der Waals surface area contributed by atoms with E-state index in [1.165, 1.54) is 22.3 Å². The van der Waals surface area contributed by atoms with Crippen molar-refractivity contribution < 1.29 is 14.7 Å². The summed E-state index contributed by atoms with van der Waals surface area (Å²) >= 11 is 7.69. The van der Waals surface area contributed by atoms with Crippen LogP contribution >= 0.6 is 22.9 Å². The Kier molecular flexibility index (Phi) is 5.95. The van der Waals surface area contributed by atoms with Crippen molar-refractivity contribution in [3.63, 3.8) is 0 Å². The Bertz CT molecular complexity index is 1210. The van der Waals surface area contributed by atoms with Crippen LogP contribution in [0.25, 0.3) is 11.0 Å². The maximum Gasteiger partial charge on any atom is 0.309 e. The third-order valence-electron chi connectivity index (χ3n) is 7.52. The van der Waals surface area contributed by atoms with Crippen LogP contribution in [0.4, 0.5) is 0 Å². The summed E-state index contributed by atoms with van der Waals surface area (Å²) in [4.78, 5) is 31.4. The quantitative estimate of drug-likeness (QED) is 0.528. The van der Waals surface area contributed by atoms with E-state index >= 15 is 0 Å². The Labute approximate surface area is 202 Å². The lowest BCUT2D eigenvalue weighted by molar-refractivity contribution is -0.150. The van der Waals surface area contributed by atoms with Gasteiger partial charge in [0.2, 0.25) is 5.91 Å². The molecule has 0 radical (unpaired) electrons. The molecular weight excluding hydrogens is 458 g/mol. The van der Waals surface area contributed by atoms with Crippen LogP contribution in [0.2, 0.25) is 4.34 Å². The van der Waals surface area contributed by atoms with E-state index in [0.29, 0.717) is 38.9 Å². The first-order valence-corrected chi connectivity index (χ1v) is 12.8. The summed E-state index contributed by atoms with van der Waals surface area (Å²) in [5.74, 6) is -0.274. The van der Waals surface area contributed by atoms with Gasteiger partial charge in [0.25, 0.3) is 0 Å². The van der Waals surface area contributed by atoms with Gasteiger partial charge in [-0.3, -0.25) is 9.59 Å². The van der Waals surface area contributed by atoms with Crippen LogP contribution in [0.15, 0.2) is 29.8 Å². The largest absolute Gasteiger partial charge is 0.481 e. The van der Waals surface area contributed by atoms with E-state index in [1.54, 1.807) is 0 Å². The van der Waals surface area contributed by atoms with Crippen LogP contribution < -0.4 is 0 Å². The SMILES string of the molecule is CC1(C(=O)O)CCC(CC(=O)N2CCc3c(n(Cc4csc(Cl)c4)c4ncccc34)C2)CC1. The van der Waals surface area contributed by atoms with Crippen molar-refractivity contribution >= 4 is 45.8 Å². The van der Waals surface area contributed by atoms with Gasteiger partial charge in [0.15, 0.2) is 0 Å². The molecular formula is C25H28ClN3O3S. The maximum absolute atomic E-state index is 13.2. The number of nitrogens with zero attached hydrogens (tertiary/aromatic N) is 3. The van der Waals surface area contributed by atoms with E-state index in [9.17, 15) is 14.7 Å². The van der Waals surface area contributed by atoms with Gasteiger partial charge < -0.3 is 14.6 Å². The van der Waals surface area contributed by atoms with Crippen LogP contribution in [-0.2, 0) is 29.1 Å². The van der Waals surface area contributed by atoms with E-state index in [2.05, 4.69) is 21.0 Å². The molecule has 6 nitrogen and oxygen atoms in total. The predicted octanol–water partition coefficient (Wildman–Crippen LogP) is 5.36. The summed E-state index contributed by atoms with van der Waals surface area (Å²) < 4.78 is 3.01. The van der Waals surface area contributed by atoms with E-state index < -0.39 is 11.4 Å². The number of pyridine rings is 1. The van der Waals surface area contributed by atoms with E-state index in [0.717, 1.165) is 40.5 Å². The third-order valence-corrected chi connectivity index (χ3v) is 8.66. The minimum absolute atomic E-state index is 0.174. The van der Waals surface area contributed by atoms with E-state index in [1.807, 2.05) is 30.2 Å². The second-order valence-electron chi connectivity index (χ2n) is 9.72. The van der Waals surface area contributed by atoms with Gasteiger partial charge in [0.05, 0.1) is 22.8 Å². The van der Waals surface area contributed by atoms with Crippen molar-refractivity contribution in [2.45, 2.75) is 58.5 Å². The highest BCUT2D eigenvalue weighted by Crippen LogP contribution is 2.40. The molecule has 1 saturated carbocycles. The standard InChI is InChI=1S/C25H28ClN3O3S/c1-25(24(31)32)7-4-16(5-8-25)12-22(30)28-10-6-18-19-3-2-9-27-23(19)29(20(18)14-28)13-17-11-21(26)33-15-17/h2-3,9,11,15-16H,4-8,10,12-14H2,1H3,(H,31,32). The number of aromatic nitrogens is 2. The molecule has 1 N–H and O–H groups in total. The lowest BCUT2D eigenvalue weighted by Gasteiger charge is -2.35. The highest BCUT2D eigenvalue weighted by Gasteiger charge is 2.38. The molecule has 8 heteroatoms. The zero-order chi connectivity index (χ0) is 23.2. The topological polar surface area (TPSA) is 75.4 Å². The number of thiophene rings is 1. The van der Waals surface area contributed by atoms with Gasteiger partial charge in [-0.05, 0) is 79.7 Å². The van der Waals surface area contributed by atoms with Crippen molar-refractivity contribution in [3.8, 4) is 0 Å². The number of rotatable bonds is 5. The smallest absolute Gasteiger partial charge is 0.309 e. The summed E-state index contributed by atoms with van der Waals surface area (Å²) in [7, 11) is 0. The van der Waals surface area contributed by atoms with Crippen LogP contribution in [0, 0.1) is 11.3 Å². The zero-order valence-electron chi connectivity index (χ0n) is 18.7. The average Bonchev–Trinajstić information content (AvgIpc) is 3.36. The Morgan fingerprint density at radius 3 is 2.82 bits per heavy atom. The number of carboxylic acid groups (broad SMARTS) is 1. The summed E-state index contributed by atoms with van der Waals surface area (Å²) in [6.07, 6.45) is 6.04. The normalized spacial score (nSPS) is 23.0. The molecule has 0 bridgehead atoms. The van der Waals surface area contributed by atoms with Gasteiger partial charge in [-0.1, -0.05) is 11.6 Å². The molecule has 0 unspecified atom stereocenters. The second kappa shape index (κ2) is 8.76. The molecule has 4 heterocycles. The highest BCUT2D eigenvalue weighted by molar-refractivity contribution is 7.14. The number of carbonyl (C=O) groups excluding carboxylic acids is 1. The molecule has 0 saturated heterocycles. The van der Waals surface area contributed by atoms with Gasteiger partial charge in [-0.2, -0.15) is 0 Å². The lowest BCUT2D eigenvalue weighted by Crippen LogP contribution is -2.39. The number of hydrogen-bond acceptors (Lipinski definition) is 4. The molecule has 1 aliphatic carbocycles. The molecule has 0 aromatic carbocycles. The molecule has 2 aliphatic rings. The minimum Gasteiger partial charge on any atom is -0.481 e. The molecule has 33 heavy (non-hydrogen) atoms. The highest BCUT2D eigenvalue weighted by atomic mass is 35.5. The molecule has 1 fully saturated rings. The van der Waals surface area contributed by atoms with E-state index in [4.69, 9.17) is 11.6 Å². The number of carboxylic acids is 1.